The maximum atomic E-state index is 5.88. The van der Waals surface area contributed by atoms with Gasteiger partial charge in [-0.25, -0.2) is 0 Å². The van der Waals surface area contributed by atoms with Crippen molar-refractivity contribution in [3.05, 3.63) is 41.2 Å². The minimum absolute atomic E-state index is 0.837. The highest BCUT2D eigenvalue weighted by Crippen LogP contribution is 2.16. The van der Waals surface area contributed by atoms with Gasteiger partial charge in [-0.3, -0.25) is 4.68 Å². The fourth-order valence-electron chi connectivity index (χ4n) is 2.11. The van der Waals surface area contributed by atoms with E-state index in [4.69, 9.17) is 5.73 Å². The standard InChI is InChI=1S/C15H22N4/c1-11-5-6-14(10-15(11)16)17-7-4-8-19-13(3)9-12(2)18-19/h5-6,9-10,17H,4,7-8,16H2,1-3H3. The van der Waals surface area contributed by atoms with Crippen LogP contribution in [0.25, 0.3) is 0 Å². The highest BCUT2D eigenvalue weighted by atomic mass is 15.3. The van der Waals surface area contributed by atoms with Crippen molar-refractivity contribution < 1.29 is 0 Å². The van der Waals surface area contributed by atoms with E-state index in [-0.39, 0.29) is 0 Å². The van der Waals surface area contributed by atoms with Gasteiger partial charge in [0.05, 0.1) is 5.69 Å². The van der Waals surface area contributed by atoms with Crippen LogP contribution in [0, 0.1) is 20.8 Å². The van der Waals surface area contributed by atoms with Crippen molar-refractivity contribution >= 4 is 11.4 Å². The molecule has 1 heterocycles. The molecule has 0 radical (unpaired) electrons. The zero-order valence-corrected chi connectivity index (χ0v) is 11.9. The summed E-state index contributed by atoms with van der Waals surface area (Å²) in [7, 11) is 0. The van der Waals surface area contributed by atoms with Crippen LogP contribution in [0.1, 0.15) is 23.4 Å². The third-order valence-corrected chi connectivity index (χ3v) is 3.26. The Labute approximate surface area is 114 Å². The zero-order chi connectivity index (χ0) is 13.8. The predicted molar refractivity (Wildman–Crippen MR) is 80.4 cm³/mol. The molecule has 3 N–H and O–H groups in total. The van der Waals surface area contributed by atoms with Crippen molar-refractivity contribution in [3.8, 4) is 0 Å². The molecular formula is C15H22N4. The Balaban J connectivity index is 1.80. The van der Waals surface area contributed by atoms with Crippen LogP contribution in [0.3, 0.4) is 0 Å². The van der Waals surface area contributed by atoms with E-state index >= 15 is 0 Å². The van der Waals surface area contributed by atoms with E-state index in [1.165, 1.54) is 5.69 Å². The number of nitrogens with two attached hydrogens (primary N) is 1. The topological polar surface area (TPSA) is 55.9 Å². The van der Waals surface area contributed by atoms with Crippen LogP contribution in [0.5, 0.6) is 0 Å². The lowest BCUT2D eigenvalue weighted by atomic mass is 10.2. The molecule has 4 heteroatoms. The van der Waals surface area contributed by atoms with Crippen molar-refractivity contribution in [2.45, 2.75) is 33.7 Å². The normalized spacial score (nSPS) is 10.7. The number of nitrogens with one attached hydrogen (secondary N) is 1. The summed E-state index contributed by atoms with van der Waals surface area (Å²) in [5.74, 6) is 0. The second-order valence-electron chi connectivity index (χ2n) is 5.00. The highest BCUT2D eigenvalue weighted by molar-refractivity contribution is 5.58. The van der Waals surface area contributed by atoms with Crippen molar-refractivity contribution in [1.82, 2.24) is 9.78 Å². The summed E-state index contributed by atoms with van der Waals surface area (Å²) < 4.78 is 2.06. The average Bonchev–Trinajstić information content (AvgIpc) is 2.68. The van der Waals surface area contributed by atoms with Crippen LogP contribution >= 0.6 is 0 Å². The molecule has 0 fully saturated rings. The molecule has 0 unspecified atom stereocenters. The molecule has 0 aliphatic carbocycles. The molecule has 19 heavy (non-hydrogen) atoms. The van der Waals surface area contributed by atoms with E-state index in [1.807, 2.05) is 26.0 Å². The second kappa shape index (κ2) is 5.78. The summed E-state index contributed by atoms with van der Waals surface area (Å²) in [6.45, 7) is 7.99. The highest BCUT2D eigenvalue weighted by Gasteiger charge is 2.00. The molecule has 4 nitrogen and oxygen atoms in total. The van der Waals surface area contributed by atoms with E-state index in [9.17, 15) is 0 Å². The molecule has 0 saturated carbocycles. The molecule has 2 aromatic rings. The van der Waals surface area contributed by atoms with Crippen LogP contribution in [-0.4, -0.2) is 16.3 Å². The number of benzene rings is 1. The number of anilines is 2. The Bertz CT molecular complexity index is 557. The number of nitrogens with zero attached hydrogens (tertiary/aromatic N) is 2. The minimum atomic E-state index is 0.837. The van der Waals surface area contributed by atoms with Crippen LogP contribution in [0.4, 0.5) is 11.4 Å². The first-order valence-electron chi connectivity index (χ1n) is 6.67. The van der Waals surface area contributed by atoms with Crippen molar-refractivity contribution in [3.63, 3.8) is 0 Å². The molecular weight excluding hydrogens is 236 g/mol. The number of rotatable bonds is 5. The average molecular weight is 258 g/mol. The quantitative estimate of drug-likeness (QED) is 0.640. The predicted octanol–water partition coefficient (Wildman–Crippen LogP) is 2.89. The number of hydrogen-bond donors (Lipinski definition) is 2. The fourth-order valence-corrected chi connectivity index (χ4v) is 2.11. The zero-order valence-electron chi connectivity index (χ0n) is 11.9. The van der Waals surface area contributed by atoms with Gasteiger partial charge in [0.2, 0.25) is 0 Å². The summed E-state index contributed by atoms with van der Waals surface area (Å²) in [5, 5.41) is 7.84. The number of nitrogen functional groups attached to an aromatic ring is 1. The van der Waals surface area contributed by atoms with Gasteiger partial charge in [-0.15, -0.1) is 0 Å². The molecule has 102 valence electrons. The SMILES string of the molecule is Cc1cc(C)n(CCCNc2ccc(C)c(N)c2)n1. The van der Waals surface area contributed by atoms with E-state index in [0.29, 0.717) is 0 Å². The smallest absolute Gasteiger partial charge is 0.0596 e. The van der Waals surface area contributed by atoms with Gasteiger partial charge in [0.25, 0.3) is 0 Å². The molecule has 2 rings (SSSR count). The first-order valence-corrected chi connectivity index (χ1v) is 6.67. The minimum Gasteiger partial charge on any atom is -0.398 e. The summed E-state index contributed by atoms with van der Waals surface area (Å²) in [6.07, 6.45) is 1.04. The van der Waals surface area contributed by atoms with Gasteiger partial charge in [0.1, 0.15) is 0 Å². The van der Waals surface area contributed by atoms with Crippen LogP contribution < -0.4 is 11.1 Å². The second-order valence-corrected chi connectivity index (χ2v) is 5.00. The Hall–Kier alpha value is -1.97. The van der Waals surface area contributed by atoms with Gasteiger partial charge in [-0.2, -0.15) is 5.10 Å². The van der Waals surface area contributed by atoms with Crippen LogP contribution in [0.15, 0.2) is 24.3 Å². The van der Waals surface area contributed by atoms with Gasteiger partial charge < -0.3 is 11.1 Å². The number of hydrogen-bond acceptors (Lipinski definition) is 3. The Morgan fingerprint density at radius 2 is 2.00 bits per heavy atom. The molecule has 0 amide bonds. The lowest BCUT2D eigenvalue weighted by Crippen LogP contribution is -2.09. The Kier molecular flexibility index (Phi) is 4.10. The molecule has 1 aromatic heterocycles. The third kappa shape index (κ3) is 3.50. The summed E-state index contributed by atoms with van der Waals surface area (Å²) >= 11 is 0. The molecule has 0 aliphatic rings. The van der Waals surface area contributed by atoms with Crippen LogP contribution in [0.2, 0.25) is 0 Å². The van der Waals surface area contributed by atoms with E-state index in [1.54, 1.807) is 0 Å². The molecule has 1 aromatic carbocycles. The number of aromatic nitrogens is 2. The molecule has 0 aliphatic heterocycles. The first kappa shape index (κ1) is 13.5. The Morgan fingerprint density at radius 3 is 2.63 bits per heavy atom. The van der Waals surface area contributed by atoms with Crippen LogP contribution in [-0.2, 0) is 6.54 Å². The monoisotopic (exact) mass is 258 g/mol. The molecule has 0 spiro atoms. The fraction of sp³-hybridized carbons (Fsp3) is 0.400. The van der Waals surface area contributed by atoms with E-state index < -0.39 is 0 Å². The Morgan fingerprint density at radius 1 is 1.21 bits per heavy atom. The molecule has 0 bridgehead atoms. The van der Waals surface area contributed by atoms with Gasteiger partial charge in [-0.1, -0.05) is 6.07 Å². The van der Waals surface area contributed by atoms with E-state index in [0.717, 1.165) is 42.1 Å². The summed E-state index contributed by atoms with van der Waals surface area (Å²) in [5.41, 5.74) is 11.2. The third-order valence-electron chi connectivity index (χ3n) is 3.26. The van der Waals surface area contributed by atoms with Crippen molar-refractivity contribution in [1.29, 1.82) is 0 Å². The van der Waals surface area contributed by atoms with Gasteiger partial charge in [0, 0.05) is 30.2 Å². The summed E-state index contributed by atoms with van der Waals surface area (Å²) in [4.78, 5) is 0. The van der Waals surface area contributed by atoms with Crippen molar-refractivity contribution in [2.24, 2.45) is 0 Å². The maximum absolute atomic E-state index is 5.88. The first-order chi connectivity index (χ1) is 9.06. The van der Waals surface area contributed by atoms with Crippen molar-refractivity contribution in [2.75, 3.05) is 17.6 Å². The van der Waals surface area contributed by atoms with Gasteiger partial charge in [-0.05, 0) is 51.0 Å². The lowest BCUT2D eigenvalue weighted by Gasteiger charge is -2.09. The van der Waals surface area contributed by atoms with Gasteiger partial charge in [0.15, 0.2) is 0 Å². The number of aryl methyl sites for hydroxylation is 4. The maximum Gasteiger partial charge on any atom is 0.0596 e. The molecule has 0 atom stereocenters. The van der Waals surface area contributed by atoms with Gasteiger partial charge >= 0.3 is 0 Å². The van der Waals surface area contributed by atoms with E-state index in [2.05, 4.69) is 34.2 Å². The summed E-state index contributed by atoms with van der Waals surface area (Å²) in [6, 6.07) is 8.19. The largest absolute Gasteiger partial charge is 0.398 e. The molecule has 0 saturated heterocycles. The lowest BCUT2D eigenvalue weighted by molar-refractivity contribution is 0.574.